The van der Waals surface area contributed by atoms with Crippen molar-refractivity contribution in [2.45, 2.75) is 20.4 Å². The molecular weight excluding hydrogens is 226 g/mol. The number of aromatic nitrogens is 2. The van der Waals surface area contributed by atoms with Gasteiger partial charge in [-0.3, -0.25) is 4.98 Å². The molecule has 0 aromatic carbocycles. The van der Waals surface area contributed by atoms with Gasteiger partial charge in [-0.05, 0) is 31.7 Å². The maximum Gasteiger partial charge on any atom is 0.223 e. The molecule has 0 saturated heterocycles. The van der Waals surface area contributed by atoms with Crippen LogP contribution in [0.25, 0.3) is 0 Å². The zero-order valence-corrected chi connectivity index (χ0v) is 10.7. The number of nitrogens with one attached hydrogen (secondary N) is 1. The molecule has 0 amide bonds. The van der Waals surface area contributed by atoms with Crippen LogP contribution in [-0.2, 0) is 6.54 Å². The predicted molar refractivity (Wildman–Crippen MR) is 70.7 cm³/mol. The summed E-state index contributed by atoms with van der Waals surface area (Å²) in [5.74, 6) is 1.38. The highest BCUT2D eigenvalue weighted by atomic mass is 16.5. The summed E-state index contributed by atoms with van der Waals surface area (Å²) in [4.78, 5) is 8.48. The lowest BCUT2D eigenvalue weighted by atomic mass is 10.2. The first-order chi connectivity index (χ1) is 8.81. The Morgan fingerprint density at radius 3 is 2.72 bits per heavy atom. The molecule has 4 heteroatoms. The summed E-state index contributed by atoms with van der Waals surface area (Å²) in [6.07, 6.45) is 3.48. The van der Waals surface area contributed by atoms with Crippen molar-refractivity contribution in [3.63, 3.8) is 0 Å². The Labute approximate surface area is 107 Å². The van der Waals surface area contributed by atoms with Gasteiger partial charge >= 0.3 is 0 Å². The van der Waals surface area contributed by atoms with E-state index in [0.29, 0.717) is 5.88 Å². The minimum atomic E-state index is 0.634. The van der Waals surface area contributed by atoms with Crippen LogP contribution in [0.2, 0.25) is 0 Å². The second-order valence-corrected chi connectivity index (χ2v) is 3.94. The van der Waals surface area contributed by atoms with Gasteiger partial charge in [-0.1, -0.05) is 13.0 Å². The minimum Gasteiger partial charge on any atom is -0.437 e. The first-order valence-corrected chi connectivity index (χ1v) is 6.05. The van der Waals surface area contributed by atoms with Crippen molar-refractivity contribution in [1.29, 1.82) is 0 Å². The summed E-state index contributed by atoms with van der Waals surface area (Å²) in [5.41, 5.74) is 1.90. The number of hydrogen-bond acceptors (Lipinski definition) is 4. The van der Waals surface area contributed by atoms with Gasteiger partial charge in [-0.2, -0.15) is 0 Å². The van der Waals surface area contributed by atoms with Crippen LogP contribution in [-0.4, -0.2) is 16.5 Å². The Bertz CT molecular complexity index is 514. The van der Waals surface area contributed by atoms with Crippen molar-refractivity contribution < 1.29 is 4.74 Å². The lowest BCUT2D eigenvalue weighted by Gasteiger charge is -2.11. The van der Waals surface area contributed by atoms with E-state index in [1.807, 2.05) is 31.2 Å². The molecule has 4 nitrogen and oxygen atoms in total. The molecule has 0 saturated carbocycles. The van der Waals surface area contributed by atoms with Gasteiger partial charge in [0.2, 0.25) is 5.88 Å². The van der Waals surface area contributed by atoms with Crippen LogP contribution in [0.1, 0.15) is 18.2 Å². The standard InChI is InChI=1S/C14H17N3O/c1-3-15-10-12-6-4-9-17-14(12)18-13-7-5-8-16-11(13)2/h4-9,15H,3,10H2,1-2H3. The second-order valence-electron chi connectivity index (χ2n) is 3.94. The fourth-order valence-corrected chi connectivity index (χ4v) is 1.59. The summed E-state index contributed by atoms with van der Waals surface area (Å²) in [5, 5.41) is 3.27. The molecule has 2 heterocycles. The number of pyridine rings is 2. The van der Waals surface area contributed by atoms with Gasteiger partial charge < -0.3 is 10.1 Å². The summed E-state index contributed by atoms with van der Waals surface area (Å²) >= 11 is 0. The van der Waals surface area contributed by atoms with E-state index in [4.69, 9.17) is 4.74 Å². The Balaban J connectivity index is 2.21. The van der Waals surface area contributed by atoms with E-state index >= 15 is 0 Å². The molecule has 0 spiro atoms. The highest BCUT2D eigenvalue weighted by molar-refractivity contribution is 5.34. The molecule has 0 fully saturated rings. The highest BCUT2D eigenvalue weighted by Crippen LogP contribution is 2.24. The molecule has 0 atom stereocenters. The molecule has 0 bridgehead atoms. The first-order valence-electron chi connectivity index (χ1n) is 6.05. The molecule has 94 valence electrons. The van der Waals surface area contributed by atoms with Crippen LogP contribution >= 0.6 is 0 Å². The van der Waals surface area contributed by atoms with E-state index in [0.717, 1.165) is 30.1 Å². The molecule has 0 aliphatic rings. The average molecular weight is 243 g/mol. The lowest BCUT2D eigenvalue weighted by Crippen LogP contribution is -2.12. The van der Waals surface area contributed by atoms with Gasteiger partial charge in [-0.15, -0.1) is 0 Å². The van der Waals surface area contributed by atoms with Gasteiger partial charge in [0, 0.05) is 24.5 Å². The molecule has 0 unspecified atom stereocenters. The van der Waals surface area contributed by atoms with Crippen molar-refractivity contribution in [2.75, 3.05) is 6.54 Å². The monoisotopic (exact) mass is 243 g/mol. The third-order valence-corrected chi connectivity index (χ3v) is 2.58. The second kappa shape index (κ2) is 6.12. The van der Waals surface area contributed by atoms with Crippen molar-refractivity contribution in [1.82, 2.24) is 15.3 Å². The Hall–Kier alpha value is -1.94. The largest absolute Gasteiger partial charge is 0.437 e. The molecule has 2 aromatic heterocycles. The summed E-state index contributed by atoms with van der Waals surface area (Å²) in [7, 11) is 0. The van der Waals surface area contributed by atoms with Crippen LogP contribution in [0.4, 0.5) is 0 Å². The van der Waals surface area contributed by atoms with E-state index in [1.54, 1.807) is 12.4 Å². The lowest BCUT2D eigenvalue weighted by molar-refractivity contribution is 0.447. The fraction of sp³-hybridized carbons (Fsp3) is 0.286. The van der Waals surface area contributed by atoms with Crippen LogP contribution in [0.5, 0.6) is 11.6 Å². The zero-order valence-electron chi connectivity index (χ0n) is 10.7. The van der Waals surface area contributed by atoms with E-state index in [2.05, 4.69) is 22.2 Å². The first kappa shape index (κ1) is 12.5. The van der Waals surface area contributed by atoms with Crippen molar-refractivity contribution in [3.8, 4) is 11.6 Å². The summed E-state index contributed by atoms with van der Waals surface area (Å²) in [6, 6.07) is 7.68. The number of nitrogens with zero attached hydrogens (tertiary/aromatic N) is 2. The van der Waals surface area contributed by atoms with Crippen LogP contribution in [0.3, 0.4) is 0 Å². The fourth-order valence-electron chi connectivity index (χ4n) is 1.59. The van der Waals surface area contributed by atoms with Crippen LogP contribution < -0.4 is 10.1 Å². The number of ether oxygens (including phenoxy) is 1. The third kappa shape index (κ3) is 3.05. The maximum atomic E-state index is 5.82. The molecule has 2 aromatic rings. The van der Waals surface area contributed by atoms with Gasteiger partial charge in [0.05, 0.1) is 5.69 Å². The Morgan fingerprint density at radius 1 is 1.17 bits per heavy atom. The van der Waals surface area contributed by atoms with Crippen LogP contribution in [0.15, 0.2) is 36.7 Å². The van der Waals surface area contributed by atoms with E-state index in [1.165, 1.54) is 0 Å². The Kier molecular flexibility index (Phi) is 4.25. The molecule has 0 aliphatic heterocycles. The smallest absolute Gasteiger partial charge is 0.223 e. The maximum absolute atomic E-state index is 5.82. The molecule has 0 aliphatic carbocycles. The van der Waals surface area contributed by atoms with Crippen molar-refractivity contribution >= 4 is 0 Å². The van der Waals surface area contributed by atoms with Gasteiger partial charge in [0.15, 0.2) is 5.75 Å². The average Bonchev–Trinajstić information content (AvgIpc) is 2.40. The molecule has 18 heavy (non-hydrogen) atoms. The summed E-state index contributed by atoms with van der Waals surface area (Å²) < 4.78 is 5.82. The molecule has 1 N–H and O–H groups in total. The van der Waals surface area contributed by atoms with E-state index in [-0.39, 0.29) is 0 Å². The number of aryl methyl sites for hydroxylation is 1. The summed E-state index contributed by atoms with van der Waals surface area (Å²) in [6.45, 7) is 5.66. The number of hydrogen-bond donors (Lipinski definition) is 1. The van der Waals surface area contributed by atoms with E-state index in [9.17, 15) is 0 Å². The van der Waals surface area contributed by atoms with Crippen LogP contribution in [0, 0.1) is 6.92 Å². The zero-order chi connectivity index (χ0) is 12.8. The quantitative estimate of drug-likeness (QED) is 0.877. The molecule has 0 radical (unpaired) electrons. The predicted octanol–water partition coefficient (Wildman–Crippen LogP) is 2.69. The van der Waals surface area contributed by atoms with Gasteiger partial charge in [-0.25, -0.2) is 4.98 Å². The minimum absolute atomic E-state index is 0.634. The van der Waals surface area contributed by atoms with E-state index < -0.39 is 0 Å². The topological polar surface area (TPSA) is 47.0 Å². The molecular formula is C14H17N3O. The molecule has 2 rings (SSSR count). The van der Waals surface area contributed by atoms with Gasteiger partial charge in [0.1, 0.15) is 0 Å². The van der Waals surface area contributed by atoms with Crippen molar-refractivity contribution in [2.24, 2.45) is 0 Å². The third-order valence-electron chi connectivity index (χ3n) is 2.58. The van der Waals surface area contributed by atoms with Gasteiger partial charge in [0.25, 0.3) is 0 Å². The number of rotatable bonds is 5. The SMILES string of the molecule is CCNCc1cccnc1Oc1cccnc1C. The normalized spacial score (nSPS) is 10.3. The highest BCUT2D eigenvalue weighted by Gasteiger charge is 2.07. The Morgan fingerprint density at radius 2 is 1.94 bits per heavy atom. The van der Waals surface area contributed by atoms with Crippen molar-refractivity contribution in [3.05, 3.63) is 47.9 Å².